The number of carbonyl (C=O) groups excluding carboxylic acids is 7. The number of hydrogen-bond donors (Lipinski definition) is 7. The molecule has 7 N–H and O–H groups in total. The molecule has 0 aliphatic carbocycles. The molecular weight excluding hydrogens is 1050 g/mol. The highest BCUT2D eigenvalue weighted by molar-refractivity contribution is 7.98. The number of ketones is 3. The molecule has 0 aliphatic heterocycles. The highest BCUT2D eigenvalue weighted by Crippen LogP contribution is 2.26. The summed E-state index contributed by atoms with van der Waals surface area (Å²) in [6, 6.07) is 17.9. The topological polar surface area (TPSA) is 290 Å². The summed E-state index contributed by atoms with van der Waals surface area (Å²) in [7, 11) is 0. The Kier molecular flexibility index (Phi) is 28.8. The van der Waals surface area contributed by atoms with E-state index in [1.165, 1.54) is 23.9 Å². The van der Waals surface area contributed by atoms with E-state index in [0.717, 1.165) is 54.1 Å². The first-order chi connectivity index (χ1) is 38.8. The van der Waals surface area contributed by atoms with Gasteiger partial charge in [-0.15, -0.1) is 0 Å². The van der Waals surface area contributed by atoms with E-state index in [1.807, 2.05) is 62.6 Å². The van der Waals surface area contributed by atoms with Crippen LogP contribution in [0.25, 0.3) is 21.3 Å². The van der Waals surface area contributed by atoms with E-state index in [0.29, 0.717) is 24.2 Å². The Morgan fingerprint density at radius 2 is 1.21 bits per heavy atom. The summed E-state index contributed by atoms with van der Waals surface area (Å²) >= 11 is 1.48. The fourth-order valence-corrected chi connectivity index (χ4v) is 10.6. The number of thioether (sulfide) groups is 1. The number of amides is 4. The number of nitrogens with one attached hydrogen (secondary N) is 5. The number of phenols is 1. The monoisotopic (exact) mass is 1130 g/mol. The van der Waals surface area contributed by atoms with Crippen LogP contribution in [0.3, 0.4) is 0 Å². The van der Waals surface area contributed by atoms with Crippen molar-refractivity contribution in [1.82, 2.24) is 26.3 Å². The number of aliphatic carboxylic acids is 1. The fraction of sp³-hybridized carbons (Fsp3) is 0.548. The van der Waals surface area contributed by atoms with Gasteiger partial charge in [-0.05, 0) is 103 Å². The van der Waals surface area contributed by atoms with Gasteiger partial charge in [0, 0.05) is 65.1 Å². The first-order valence-corrected chi connectivity index (χ1v) is 30.1. The predicted octanol–water partition coefficient (Wildman–Crippen LogP) is 9.95. The molecule has 0 radical (unpaired) electrons. The van der Waals surface area contributed by atoms with Gasteiger partial charge in [-0.2, -0.15) is 11.8 Å². The molecule has 0 saturated heterocycles. The van der Waals surface area contributed by atoms with Gasteiger partial charge in [-0.1, -0.05) is 146 Å². The van der Waals surface area contributed by atoms with Crippen molar-refractivity contribution in [3.63, 3.8) is 0 Å². The second kappa shape index (κ2) is 35.0. The van der Waals surface area contributed by atoms with Crippen molar-refractivity contribution in [3.05, 3.63) is 112 Å². The van der Waals surface area contributed by atoms with Crippen LogP contribution >= 0.6 is 11.8 Å². The molecule has 19 heteroatoms. The number of carboxylic acids is 1. The standard InChI is InChI=1S/C62H86N8O10S/c1-8-10-13-21-46(36-57(75)76)65-59(77)44(33-45-38-64-50-23-18-17-22-48(45)50)35-54(72)51(29-30-81-7)66-61(79)49(39(3)4)37-56(74)58(40(5)6)68-60(78)43(31-42-25-27-47(71)28-26-42)34-55(73)53(32-41-19-15-12-16-20-41)67-62(80)52(69-70-63)24-14-11-9-2/h12,15-20,22-23,25-28,38-40,43-44,46,49,51-53,58,64,71H,8-11,13-14,21,24,29-37H2,1-7H3,(H,65,77)(H,66,79)(H,67,80)(H,68,78)(H,75,76)/t43-,44-,46+,49+,51+,52+,53+,58+/m1/s1. The van der Waals surface area contributed by atoms with Crippen LogP contribution in [0.1, 0.15) is 142 Å². The molecule has 0 spiro atoms. The number of nitrogens with zero attached hydrogens (tertiary/aromatic N) is 3. The number of para-hydroxylation sites is 1. The molecule has 8 atom stereocenters. The minimum Gasteiger partial charge on any atom is -0.508 e. The molecule has 0 saturated carbocycles. The third-order valence-electron chi connectivity index (χ3n) is 14.9. The number of H-pyrrole nitrogens is 1. The van der Waals surface area contributed by atoms with Gasteiger partial charge in [0.15, 0.2) is 17.3 Å². The molecule has 4 rings (SSSR count). The number of carbonyl (C=O) groups is 8. The normalized spacial score (nSPS) is 14.3. The Morgan fingerprint density at radius 1 is 0.617 bits per heavy atom. The summed E-state index contributed by atoms with van der Waals surface area (Å²) in [6.45, 7) is 11.1. The number of benzene rings is 3. The minimum absolute atomic E-state index is 0.00154. The number of aromatic amines is 1. The number of phenolic OH excluding ortho intramolecular Hbond substituents is 1. The number of rotatable bonds is 39. The molecule has 1 aromatic heterocycles. The smallest absolute Gasteiger partial charge is 0.305 e. The molecule has 4 aromatic rings. The van der Waals surface area contributed by atoms with E-state index in [4.69, 9.17) is 0 Å². The van der Waals surface area contributed by atoms with E-state index in [9.17, 15) is 54.1 Å². The molecule has 0 unspecified atom stereocenters. The maximum Gasteiger partial charge on any atom is 0.305 e. The van der Waals surface area contributed by atoms with Crippen LogP contribution in [0.5, 0.6) is 5.75 Å². The van der Waals surface area contributed by atoms with Crippen LogP contribution in [-0.2, 0) is 57.6 Å². The summed E-state index contributed by atoms with van der Waals surface area (Å²) in [5.41, 5.74) is 12.3. The maximum absolute atomic E-state index is 14.7. The Hall–Kier alpha value is -6.98. The van der Waals surface area contributed by atoms with Crippen molar-refractivity contribution in [3.8, 4) is 5.75 Å². The molecular formula is C62H86N8O10S. The summed E-state index contributed by atoms with van der Waals surface area (Å²) in [5, 5.41) is 36.1. The van der Waals surface area contributed by atoms with Gasteiger partial charge in [-0.25, -0.2) is 0 Å². The number of aromatic hydroxyl groups is 1. The molecule has 1 heterocycles. The SMILES string of the molecule is CCCCC[C@@H](CC(=O)O)NC(=O)[C@@H](CC(=O)[C@H](CCSC)NC(=O)[C@@H](CC(=O)[C@@H](NC(=O)[C@@H](CC(=O)[C@H](Cc1ccccc1)NC(=O)[C@H](CCCCC)N=[N+]=[N-])Cc1ccc(O)cc1)C(C)C)C(C)C)Cc1c[nH]c2ccccc12. The number of aromatic nitrogens is 1. The number of hydrogen-bond acceptors (Lipinski definition) is 11. The van der Waals surface area contributed by atoms with E-state index >= 15 is 0 Å². The number of Topliss-reactive ketones (excluding diaryl/α,β-unsaturated/α-hetero) is 3. The molecule has 440 valence electrons. The third-order valence-corrected chi connectivity index (χ3v) is 15.5. The van der Waals surface area contributed by atoms with E-state index in [-0.39, 0.29) is 69.3 Å². The van der Waals surface area contributed by atoms with Crippen molar-refractivity contribution in [1.29, 1.82) is 0 Å². The molecule has 3 aromatic carbocycles. The highest BCUT2D eigenvalue weighted by Gasteiger charge is 2.37. The number of fused-ring (bicyclic) bond motifs is 1. The van der Waals surface area contributed by atoms with Crippen LogP contribution in [0.2, 0.25) is 0 Å². The van der Waals surface area contributed by atoms with Gasteiger partial charge in [0.05, 0.1) is 24.5 Å². The Morgan fingerprint density at radius 3 is 1.83 bits per heavy atom. The summed E-state index contributed by atoms with van der Waals surface area (Å²) < 4.78 is 0. The van der Waals surface area contributed by atoms with Crippen molar-refractivity contribution in [2.75, 3.05) is 12.0 Å². The number of unbranched alkanes of at least 4 members (excludes halogenated alkanes) is 4. The lowest BCUT2D eigenvalue weighted by atomic mass is 9.84. The molecule has 0 aliphatic rings. The van der Waals surface area contributed by atoms with Crippen LogP contribution in [0, 0.1) is 29.6 Å². The summed E-state index contributed by atoms with van der Waals surface area (Å²) in [4.78, 5) is 119. The van der Waals surface area contributed by atoms with Crippen LogP contribution < -0.4 is 21.3 Å². The lowest BCUT2D eigenvalue weighted by Crippen LogP contribution is -2.51. The Labute approximate surface area is 481 Å². The second-order valence-electron chi connectivity index (χ2n) is 22.0. The lowest BCUT2D eigenvalue weighted by Gasteiger charge is -2.29. The second-order valence-corrected chi connectivity index (χ2v) is 23.0. The Bertz CT molecular complexity index is 2730. The molecule has 81 heavy (non-hydrogen) atoms. The zero-order valence-electron chi connectivity index (χ0n) is 48.3. The van der Waals surface area contributed by atoms with Gasteiger partial charge in [-0.3, -0.25) is 38.4 Å². The zero-order valence-corrected chi connectivity index (χ0v) is 49.1. The quantitative estimate of drug-likeness (QED) is 0.00955. The van der Waals surface area contributed by atoms with Gasteiger partial charge in [0.25, 0.3) is 0 Å². The maximum atomic E-state index is 14.7. The molecule has 0 fully saturated rings. The van der Waals surface area contributed by atoms with E-state index in [2.05, 4.69) is 36.3 Å². The fourth-order valence-electron chi connectivity index (χ4n) is 10.1. The highest BCUT2D eigenvalue weighted by atomic mass is 32.2. The molecule has 0 bridgehead atoms. The van der Waals surface area contributed by atoms with Crippen molar-refractivity contribution < 1.29 is 48.6 Å². The van der Waals surface area contributed by atoms with E-state index in [1.54, 1.807) is 58.2 Å². The van der Waals surface area contributed by atoms with Crippen molar-refractivity contribution in [2.45, 2.75) is 174 Å². The average Bonchev–Trinajstić information content (AvgIpc) is 3.84. The first-order valence-electron chi connectivity index (χ1n) is 28.7. The minimum atomic E-state index is -1.11. The first kappa shape index (κ1) is 66.5. The van der Waals surface area contributed by atoms with Gasteiger partial charge < -0.3 is 36.5 Å². The van der Waals surface area contributed by atoms with Crippen LogP contribution in [0.4, 0.5) is 0 Å². The van der Waals surface area contributed by atoms with Crippen LogP contribution in [0.15, 0.2) is 90.2 Å². The number of azide groups is 1. The Balaban J connectivity index is 1.59. The lowest BCUT2D eigenvalue weighted by molar-refractivity contribution is -0.138. The van der Waals surface area contributed by atoms with Crippen molar-refractivity contribution >= 4 is 69.6 Å². The zero-order chi connectivity index (χ0) is 59.4. The average molecular weight is 1140 g/mol. The number of carboxylic acid groups (broad SMARTS) is 1. The van der Waals surface area contributed by atoms with Crippen LogP contribution in [-0.4, -0.2) is 104 Å². The molecule has 18 nitrogen and oxygen atoms in total. The van der Waals surface area contributed by atoms with Crippen molar-refractivity contribution in [2.24, 2.45) is 34.7 Å². The summed E-state index contributed by atoms with van der Waals surface area (Å²) in [5.74, 6) is -7.90. The largest absolute Gasteiger partial charge is 0.508 e. The predicted molar refractivity (Wildman–Crippen MR) is 317 cm³/mol. The van der Waals surface area contributed by atoms with Gasteiger partial charge >= 0.3 is 5.97 Å². The third kappa shape index (κ3) is 22.5. The van der Waals surface area contributed by atoms with Gasteiger partial charge in [0.2, 0.25) is 23.6 Å². The summed E-state index contributed by atoms with van der Waals surface area (Å²) in [6.07, 6.45) is 8.55. The molecule has 4 amide bonds. The van der Waals surface area contributed by atoms with E-state index < -0.39 is 101 Å². The van der Waals surface area contributed by atoms with Gasteiger partial charge in [0.1, 0.15) is 11.8 Å².